The summed E-state index contributed by atoms with van der Waals surface area (Å²) < 4.78 is 5.27. The van der Waals surface area contributed by atoms with Gasteiger partial charge in [0.25, 0.3) is 5.79 Å². The zero-order valence-corrected chi connectivity index (χ0v) is 22.8. The quantitative estimate of drug-likeness (QED) is 0.205. The largest absolute Gasteiger partial charge is 0.376 e. The number of ether oxygens (including phenoxy) is 1. The van der Waals surface area contributed by atoms with E-state index in [4.69, 9.17) is 4.74 Å². The van der Waals surface area contributed by atoms with Gasteiger partial charge < -0.3 is 25.2 Å². The molecule has 1 rings (SSSR count). The second kappa shape index (κ2) is 9.67. The van der Waals surface area contributed by atoms with Crippen molar-refractivity contribution in [3.05, 3.63) is 0 Å². The van der Waals surface area contributed by atoms with Crippen molar-refractivity contribution in [2.45, 2.75) is 96.0 Å². The van der Waals surface area contributed by atoms with Crippen LogP contribution in [0.3, 0.4) is 0 Å². The van der Waals surface area contributed by atoms with E-state index in [0.717, 1.165) is 0 Å². The first-order valence-corrected chi connectivity index (χ1v) is 11.3. The van der Waals surface area contributed by atoms with Crippen LogP contribution in [-0.4, -0.2) is 111 Å². The Kier molecular flexibility index (Phi) is 8.35. The van der Waals surface area contributed by atoms with E-state index in [2.05, 4.69) is 0 Å². The molecule has 0 bridgehead atoms. The fourth-order valence-corrected chi connectivity index (χ4v) is 5.79. The highest BCUT2D eigenvalue weighted by molar-refractivity contribution is 6.21. The Hall–Kier alpha value is -3.37. The molecular formula is C24H31NO14. The molecule has 5 atom stereocenters. The molecule has 2 amide bonds. The van der Waals surface area contributed by atoms with Gasteiger partial charge in [-0.15, -0.1) is 0 Å². The lowest BCUT2D eigenvalue weighted by atomic mass is 9.47. The van der Waals surface area contributed by atoms with Crippen LogP contribution in [0.15, 0.2) is 0 Å². The molecule has 1 aliphatic heterocycles. The molecule has 4 N–H and O–H groups in total. The van der Waals surface area contributed by atoms with Crippen LogP contribution in [0.1, 0.15) is 62.3 Å². The third-order valence-electron chi connectivity index (χ3n) is 7.34. The highest BCUT2D eigenvalue weighted by Crippen LogP contribution is 2.60. The van der Waals surface area contributed by atoms with Gasteiger partial charge in [-0.25, -0.2) is 0 Å². The van der Waals surface area contributed by atoms with Crippen LogP contribution in [0.5, 0.6) is 0 Å². The summed E-state index contributed by atoms with van der Waals surface area (Å²) in [4.78, 5) is 117. The first-order chi connectivity index (χ1) is 17.3. The van der Waals surface area contributed by atoms with Crippen molar-refractivity contribution >= 4 is 52.3 Å². The van der Waals surface area contributed by atoms with Gasteiger partial charge in [-0.3, -0.25) is 48.1 Å². The maximum absolute atomic E-state index is 13.5. The van der Waals surface area contributed by atoms with Gasteiger partial charge in [0.15, 0.2) is 46.1 Å². The van der Waals surface area contributed by atoms with Crippen LogP contribution in [-0.2, 0) is 47.9 Å². The van der Waals surface area contributed by atoms with Crippen LogP contribution in [0.25, 0.3) is 0 Å². The second-order valence-electron chi connectivity index (χ2n) is 9.54. The molecule has 1 fully saturated rings. The number of amides is 2. The lowest BCUT2D eigenvalue weighted by molar-refractivity contribution is -0.401. The number of aliphatic hydroxyl groups is 4. The Balaban J connectivity index is 5.11. The van der Waals surface area contributed by atoms with Gasteiger partial charge in [-0.1, -0.05) is 0 Å². The minimum atomic E-state index is -4.45. The lowest BCUT2D eigenvalue weighted by Gasteiger charge is -2.68. The van der Waals surface area contributed by atoms with Gasteiger partial charge in [0.1, 0.15) is 0 Å². The molecule has 0 aromatic carbocycles. The van der Waals surface area contributed by atoms with Gasteiger partial charge >= 0.3 is 0 Å². The fraction of sp³-hybridized carbons (Fsp3) is 0.625. The topological polar surface area (TPSA) is 247 Å². The molecule has 0 spiro atoms. The summed E-state index contributed by atoms with van der Waals surface area (Å²) >= 11 is 0. The van der Waals surface area contributed by atoms with Crippen LogP contribution in [0, 0.1) is 0 Å². The van der Waals surface area contributed by atoms with Gasteiger partial charge in [0.05, 0.1) is 0 Å². The maximum atomic E-state index is 13.5. The molecule has 1 saturated heterocycles. The number of ketones is 7. The monoisotopic (exact) mass is 557 g/mol. The molecule has 216 valence electrons. The van der Waals surface area contributed by atoms with Crippen molar-refractivity contribution in [3.63, 3.8) is 0 Å². The normalized spacial score (nSPS) is 32.5. The Morgan fingerprint density at radius 3 is 1.13 bits per heavy atom. The van der Waals surface area contributed by atoms with E-state index >= 15 is 0 Å². The third kappa shape index (κ3) is 3.43. The van der Waals surface area contributed by atoms with Crippen LogP contribution < -0.4 is 0 Å². The predicted octanol–water partition coefficient (Wildman–Crippen LogP) is -3.11. The van der Waals surface area contributed by atoms with E-state index in [0.29, 0.717) is 62.3 Å². The number of Topliss-reactive ketones (excluding diaryl/α,β-unsaturated/α-hetero) is 7. The van der Waals surface area contributed by atoms with Crippen molar-refractivity contribution in [2.24, 2.45) is 0 Å². The van der Waals surface area contributed by atoms with Gasteiger partial charge in [0, 0.05) is 20.8 Å². The average molecular weight is 558 g/mol. The molecule has 15 heteroatoms. The molecule has 0 aliphatic carbocycles. The number of hydrogen-bond acceptors (Lipinski definition) is 14. The van der Waals surface area contributed by atoms with Crippen LogP contribution in [0.2, 0.25) is 0 Å². The molecular weight excluding hydrogens is 526 g/mol. The molecule has 0 radical (unpaired) electrons. The summed E-state index contributed by atoms with van der Waals surface area (Å²) in [5, 5.41) is 47.6. The first-order valence-electron chi connectivity index (χ1n) is 11.3. The zero-order valence-electron chi connectivity index (χ0n) is 22.8. The van der Waals surface area contributed by atoms with Crippen molar-refractivity contribution < 1.29 is 68.3 Å². The van der Waals surface area contributed by atoms with E-state index in [9.17, 15) is 63.6 Å². The number of nitrogens with zero attached hydrogens (tertiary/aromatic N) is 1. The van der Waals surface area contributed by atoms with Crippen molar-refractivity contribution in [2.75, 3.05) is 0 Å². The summed E-state index contributed by atoms with van der Waals surface area (Å²) in [7, 11) is 0. The van der Waals surface area contributed by atoms with Crippen molar-refractivity contribution in [1.29, 1.82) is 0 Å². The molecule has 1 heterocycles. The van der Waals surface area contributed by atoms with E-state index in [1.807, 2.05) is 0 Å². The summed E-state index contributed by atoms with van der Waals surface area (Å²) in [5.41, 5.74) is -21.2. The van der Waals surface area contributed by atoms with Crippen LogP contribution >= 0.6 is 0 Å². The summed E-state index contributed by atoms with van der Waals surface area (Å²) in [5.74, 6) is -20.2. The fourth-order valence-electron chi connectivity index (χ4n) is 5.79. The lowest BCUT2D eigenvalue weighted by Crippen LogP contribution is -3.00. The Morgan fingerprint density at radius 1 is 0.564 bits per heavy atom. The maximum Gasteiger partial charge on any atom is 0.262 e. The number of rotatable bonds is 9. The first kappa shape index (κ1) is 33.7. The summed E-state index contributed by atoms with van der Waals surface area (Å²) in [6.07, 6.45) is 0. The molecule has 0 aromatic rings. The average Bonchev–Trinajstić information content (AvgIpc) is 2.76. The number of carbonyl (C=O) groups is 9. The smallest absolute Gasteiger partial charge is 0.262 e. The molecule has 39 heavy (non-hydrogen) atoms. The van der Waals surface area contributed by atoms with E-state index in [-0.39, 0.29) is 4.90 Å². The van der Waals surface area contributed by atoms with Gasteiger partial charge in [-0.05, 0) is 41.5 Å². The second-order valence-corrected chi connectivity index (χ2v) is 9.54. The van der Waals surface area contributed by atoms with Crippen molar-refractivity contribution in [1.82, 2.24) is 4.90 Å². The van der Waals surface area contributed by atoms with E-state index in [1.54, 1.807) is 0 Å². The summed E-state index contributed by atoms with van der Waals surface area (Å²) in [6, 6.07) is 0. The standard InChI is InChI=1S/C24H31NO14/c1-10(26)19(35,11(2)27)23(15(6)31)22(37,14(5)30)21(36,13(4)29)20(12(3)28,24(38,39-23)16(7)32)25(17(8)33)18(9)34/h35-38H,1-9H3/t20-,21-,22+,23-,24?/m1/s1. The van der Waals surface area contributed by atoms with Crippen molar-refractivity contribution in [3.8, 4) is 0 Å². The van der Waals surface area contributed by atoms with E-state index in [1.165, 1.54) is 0 Å². The van der Waals surface area contributed by atoms with E-state index < -0.39 is 86.0 Å². The van der Waals surface area contributed by atoms with Gasteiger partial charge in [0.2, 0.25) is 34.2 Å². The number of carbonyl (C=O) groups excluding carboxylic acids is 9. The zero-order chi connectivity index (χ0) is 31.5. The highest BCUT2D eigenvalue weighted by Gasteiger charge is 2.94. The minimum Gasteiger partial charge on any atom is -0.376 e. The highest BCUT2D eigenvalue weighted by atomic mass is 16.7. The Labute approximate surface area is 222 Å². The van der Waals surface area contributed by atoms with Gasteiger partial charge in [-0.2, -0.15) is 0 Å². The Morgan fingerprint density at radius 2 is 0.923 bits per heavy atom. The number of imide groups is 1. The SMILES string of the molecule is CC(=O)N(C(C)=O)[C@@]1(C(C)=O)C(O)(C(C)=O)O[C@](C(C)=O)(C(O)(C(C)=O)C(C)=O)[C@](O)(C(C)=O)[C@@]1(O)C(C)=O. The predicted molar refractivity (Wildman–Crippen MR) is 124 cm³/mol. The van der Waals surface area contributed by atoms with Crippen LogP contribution in [0.4, 0.5) is 0 Å². The molecule has 1 aliphatic rings. The summed E-state index contributed by atoms with van der Waals surface area (Å²) in [6.45, 7) is 4.13. The minimum absolute atomic E-state index is 0.323. The Bertz CT molecular complexity index is 1210. The molecule has 0 aromatic heterocycles. The molecule has 1 unspecified atom stereocenters. The number of hydrogen-bond donors (Lipinski definition) is 4. The molecule has 0 saturated carbocycles. The third-order valence-corrected chi connectivity index (χ3v) is 7.34. The molecule has 15 nitrogen and oxygen atoms in total.